The maximum atomic E-state index is 14.4. The second-order valence-electron chi connectivity index (χ2n) is 14.6. The lowest BCUT2D eigenvalue weighted by Gasteiger charge is -2.32. The Balaban J connectivity index is 0.000000314. The Morgan fingerprint density at radius 3 is 1.08 bits per heavy atom. The summed E-state index contributed by atoms with van der Waals surface area (Å²) in [5.41, 5.74) is -1.99. The van der Waals surface area contributed by atoms with E-state index in [-0.39, 0.29) is 50.5 Å². The van der Waals surface area contributed by atoms with Crippen molar-refractivity contribution >= 4 is 116 Å². The Morgan fingerprint density at radius 1 is 0.437 bits per heavy atom. The SMILES string of the molecule is COC(=O)c1cc(F)c(B2OC(C)(C)C(C)(C)O2)cc1OC.COC(=O)c1cc(F)c(Br)cc1F.COC(=O)c1cc(F)c(Br)cc1OC.Fc1cc(Br)c(F)cc1Br.O=C(O)c1cc(F)c(Br)cc1F. The topological polar surface area (TPSA) is 153 Å². The van der Waals surface area contributed by atoms with E-state index in [0.717, 1.165) is 49.6 Å². The molecule has 384 valence electrons. The Bertz CT molecular complexity index is 2700. The zero-order valence-corrected chi connectivity index (χ0v) is 46.1. The number of halogens is 13. The number of hydrogen-bond donors (Lipinski definition) is 1. The van der Waals surface area contributed by atoms with Gasteiger partial charge in [-0.25, -0.2) is 54.3 Å². The molecule has 5 aromatic rings. The third kappa shape index (κ3) is 17.0. The minimum Gasteiger partial charge on any atom is -0.496 e. The number of hydrogen-bond acceptors (Lipinski definition) is 11. The molecule has 1 heterocycles. The molecule has 0 bridgehead atoms. The van der Waals surface area contributed by atoms with Crippen LogP contribution in [0.1, 0.15) is 69.1 Å². The molecule has 12 nitrogen and oxygen atoms in total. The number of carboxylic acids is 1. The summed E-state index contributed by atoms with van der Waals surface area (Å²) in [6.45, 7) is 7.52. The van der Waals surface area contributed by atoms with Gasteiger partial charge in [0.25, 0.3) is 0 Å². The summed E-state index contributed by atoms with van der Waals surface area (Å²) < 4.78 is 139. The fourth-order valence-corrected chi connectivity index (χ4v) is 6.68. The zero-order chi connectivity index (χ0) is 54.5. The molecule has 0 spiro atoms. The van der Waals surface area contributed by atoms with Crippen LogP contribution in [0.3, 0.4) is 0 Å². The van der Waals surface area contributed by atoms with Crippen molar-refractivity contribution in [2.45, 2.75) is 38.9 Å². The zero-order valence-electron chi connectivity index (χ0n) is 38.2. The van der Waals surface area contributed by atoms with Crippen molar-refractivity contribution in [2.24, 2.45) is 0 Å². The van der Waals surface area contributed by atoms with Gasteiger partial charge in [-0.3, -0.25) is 0 Å². The molecular formula is C45H38BBr5F8O12. The smallest absolute Gasteiger partial charge is 0.496 e. The summed E-state index contributed by atoms with van der Waals surface area (Å²) in [6.07, 6.45) is 0. The van der Waals surface area contributed by atoms with E-state index in [2.05, 4.69) is 93.9 Å². The fourth-order valence-electron chi connectivity index (χ4n) is 5.10. The van der Waals surface area contributed by atoms with Crippen molar-refractivity contribution in [3.8, 4) is 11.5 Å². The Hall–Kier alpha value is -4.60. The summed E-state index contributed by atoms with van der Waals surface area (Å²) >= 11 is 14.2. The number of carbonyl (C=O) groups is 4. The van der Waals surface area contributed by atoms with E-state index in [4.69, 9.17) is 23.9 Å². The highest BCUT2D eigenvalue weighted by molar-refractivity contribution is 9.11. The second kappa shape index (κ2) is 27.5. The molecular weight excluding hydrogens is 1290 g/mol. The molecule has 1 fully saturated rings. The van der Waals surface area contributed by atoms with Crippen LogP contribution in [0.4, 0.5) is 35.1 Å². The fraction of sp³-hybridized carbons (Fsp3) is 0.244. The molecule has 0 unspecified atom stereocenters. The molecule has 1 aliphatic rings. The van der Waals surface area contributed by atoms with Gasteiger partial charge in [-0.15, -0.1) is 0 Å². The molecule has 6 rings (SSSR count). The van der Waals surface area contributed by atoms with Crippen molar-refractivity contribution in [3.05, 3.63) is 152 Å². The summed E-state index contributed by atoms with van der Waals surface area (Å²) in [7, 11) is 5.47. The first-order valence-corrected chi connectivity index (χ1v) is 23.2. The van der Waals surface area contributed by atoms with Gasteiger partial charge in [-0.2, -0.15) is 0 Å². The molecule has 0 aromatic heterocycles. The number of carbonyl (C=O) groups excluding carboxylic acids is 3. The third-order valence-corrected chi connectivity index (χ3v) is 12.5. The van der Waals surface area contributed by atoms with E-state index in [0.29, 0.717) is 6.07 Å². The summed E-state index contributed by atoms with van der Waals surface area (Å²) in [5.74, 6) is -8.60. The van der Waals surface area contributed by atoms with Crippen LogP contribution < -0.4 is 14.9 Å². The predicted molar refractivity (Wildman–Crippen MR) is 260 cm³/mol. The van der Waals surface area contributed by atoms with Gasteiger partial charge in [-0.05, 0) is 168 Å². The van der Waals surface area contributed by atoms with Crippen molar-refractivity contribution in [1.29, 1.82) is 0 Å². The van der Waals surface area contributed by atoms with Gasteiger partial charge < -0.3 is 38.1 Å². The molecule has 26 heteroatoms. The van der Waals surface area contributed by atoms with Crippen LogP contribution in [-0.4, -0.2) is 82.9 Å². The van der Waals surface area contributed by atoms with E-state index in [1.54, 1.807) is 0 Å². The third-order valence-electron chi connectivity index (χ3n) is 9.50. The average Bonchev–Trinajstić information content (AvgIpc) is 3.53. The first-order valence-electron chi connectivity index (χ1n) is 19.3. The summed E-state index contributed by atoms with van der Waals surface area (Å²) in [5, 5.41) is 8.36. The number of ether oxygens (including phenoxy) is 5. The minimum absolute atomic E-state index is 0.0165. The number of methoxy groups -OCH3 is 5. The molecule has 0 aliphatic carbocycles. The molecule has 1 N–H and O–H groups in total. The lowest BCUT2D eigenvalue weighted by atomic mass is 9.78. The standard InChI is InChI=1S/C15H20BFO5.C9H8BrFO3.C8H5BrF2O2.C7H3BrF2O2.C6H2Br2F2/c1-14(2)15(3,4)22-16(21-14)10-8-12(19-5)9(7-11(10)17)13(18)20-6;1-13-8-4-6(10)7(11)3-5(8)9(12)14-2;1-13-8(12)4-2-7(11)5(9)3-6(4)10;8-4-2-5(9)3(7(11)12)1-6(4)10;7-3-1-5(9)4(8)2-6(3)10/h7-8H,1-6H3;3-4H,1-2H3;2-3H,1H3;1-2H,(H,11,12);1-2H. The van der Waals surface area contributed by atoms with Gasteiger partial charge in [0.1, 0.15) is 69.2 Å². The van der Waals surface area contributed by atoms with Crippen LogP contribution in [0, 0.1) is 46.5 Å². The molecule has 71 heavy (non-hydrogen) atoms. The lowest BCUT2D eigenvalue weighted by molar-refractivity contribution is 0.00578. The van der Waals surface area contributed by atoms with Crippen molar-refractivity contribution in [2.75, 3.05) is 35.5 Å². The van der Waals surface area contributed by atoms with Crippen LogP contribution >= 0.6 is 79.6 Å². The normalized spacial score (nSPS) is 12.7. The summed E-state index contributed by atoms with van der Waals surface area (Å²) in [6, 6.07) is 10.1. The van der Waals surface area contributed by atoms with E-state index < -0.39 is 99.9 Å². The van der Waals surface area contributed by atoms with E-state index >= 15 is 0 Å². The highest BCUT2D eigenvalue weighted by Crippen LogP contribution is 2.37. The van der Waals surface area contributed by atoms with E-state index in [9.17, 15) is 54.3 Å². The predicted octanol–water partition coefficient (Wildman–Crippen LogP) is 12.7. The van der Waals surface area contributed by atoms with Gasteiger partial charge in [0, 0.05) is 5.46 Å². The molecule has 0 amide bonds. The van der Waals surface area contributed by atoms with Gasteiger partial charge in [-0.1, -0.05) is 0 Å². The van der Waals surface area contributed by atoms with E-state index in [1.807, 2.05) is 27.7 Å². The Labute approximate surface area is 443 Å². The largest absolute Gasteiger partial charge is 0.497 e. The average molecular weight is 1330 g/mol. The van der Waals surface area contributed by atoms with Crippen molar-refractivity contribution in [3.63, 3.8) is 0 Å². The monoisotopic (exact) mass is 1330 g/mol. The van der Waals surface area contributed by atoms with Crippen LogP contribution in [0.2, 0.25) is 0 Å². The lowest BCUT2D eigenvalue weighted by Crippen LogP contribution is -2.41. The highest BCUT2D eigenvalue weighted by Gasteiger charge is 2.52. The van der Waals surface area contributed by atoms with Crippen LogP contribution in [0.15, 0.2) is 83.0 Å². The first kappa shape index (κ1) is 62.5. The van der Waals surface area contributed by atoms with Crippen LogP contribution in [-0.2, 0) is 23.5 Å². The van der Waals surface area contributed by atoms with E-state index in [1.165, 1.54) is 40.6 Å². The highest BCUT2D eigenvalue weighted by atomic mass is 79.9. The minimum atomic E-state index is -1.49. The Morgan fingerprint density at radius 2 is 0.718 bits per heavy atom. The van der Waals surface area contributed by atoms with Gasteiger partial charge >= 0.3 is 31.0 Å². The molecule has 0 saturated carbocycles. The van der Waals surface area contributed by atoms with Crippen molar-refractivity contribution in [1.82, 2.24) is 0 Å². The van der Waals surface area contributed by atoms with Gasteiger partial charge in [0.15, 0.2) is 0 Å². The number of rotatable bonds is 7. The van der Waals surface area contributed by atoms with Crippen molar-refractivity contribution < 1.29 is 92.4 Å². The van der Waals surface area contributed by atoms with Gasteiger partial charge in [0.05, 0.1) is 80.2 Å². The number of esters is 3. The quantitative estimate of drug-likeness (QED) is 0.0542. The molecule has 1 aliphatic heterocycles. The molecule has 5 aromatic carbocycles. The molecule has 0 radical (unpaired) electrons. The van der Waals surface area contributed by atoms with Gasteiger partial charge in [0.2, 0.25) is 0 Å². The maximum absolute atomic E-state index is 14.4. The number of aromatic carboxylic acids is 1. The number of benzene rings is 5. The molecule has 0 atom stereocenters. The maximum Gasteiger partial charge on any atom is 0.497 e. The Kier molecular flexibility index (Phi) is 24.2. The summed E-state index contributed by atoms with van der Waals surface area (Å²) in [4.78, 5) is 43.9. The number of carboxylic acid groups (broad SMARTS) is 1. The van der Waals surface area contributed by atoms with Crippen LogP contribution in [0.25, 0.3) is 0 Å². The van der Waals surface area contributed by atoms with Crippen LogP contribution in [0.5, 0.6) is 11.5 Å². The first-order chi connectivity index (χ1) is 32.9. The second-order valence-corrected chi connectivity index (χ2v) is 18.9. The molecule has 1 saturated heterocycles.